The van der Waals surface area contributed by atoms with Crippen molar-refractivity contribution in [2.24, 2.45) is 5.73 Å². The Kier molecular flexibility index (Phi) is 5.84. The fourth-order valence-electron chi connectivity index (χ4n) is 2.45. The highest BCUT2D eigenvalue weighted by Crippen LogP contribution is 2.17. The summed E-state index contributed by atoms with van der Waals surface area (Å²) in [6.07, 6.45) is 0. The number of carbonyl (C=O) groups excluding carboxylic acids is 3. The molecular formula is C19H16FN5O3S. The fourth-order valence-corrected chi connectivity index (χ4v) is 3.10. The van der Waals surface area contributed by atoms with Gasteiger partial charge >= 0.3 is 0 Å². The molecule has 0 spiro atoms. The maximum absolute atomic E-state index is 13.4. The topological polar surface area (TPSA) is 140 Å². The smallest absolute Gasteiger partial charge is 0.277 e. The number of carbonyl (C=O) groups is 3. The molecule has 1 aromatic heterocycles. The lowest BCUT2D eigenvalue weighted by Crippen LogP contribution is -2.23. The largest absolute Gasteiger partial charge is 0.398 e. The molecule has 29 heavy (non-hydrogen) atoms. The molecule has 8 nitrogen and oxygen atoms in total. The number of primary amides is 1. The van der Waals surface area contributed by atoms with Gasteiger partial charge in [0.05, 0.1) is 5.56 Å². The Labute approximate surface area is 168 Å². The minimum atomic E-state index is -0.698. The second-order valence-electron chi connectivity index (χ2n) is 5.97. The van der Waals surface area contributed by atoms with Crippen molar-refractivity contribution in [2.45, 2.75) is 6.54 Å². The van der Waals surface area contributed by atoms with E-state index in [-0.39, 0.29) is 28.5 Å². The maximum atomic E-state index is 13.4. The lowest BCUT2D eigenvalue weighted by atomic mass is 10.1. The first-order valence-corrected chi connectivity index (χ1v) is 9.20. The summed E-state index contributed by atoms with van der Waals surface area (Å²) >= 11 is 0.986. The third kappa shape index (κ3) is 4.93. The first-order valence-electron chi connectivity index (χ1n) is 8.32. The Hall–Kier alpha value is -3.79. The van der Waals surface area contributed by atoms with Crippen molar-refractivity contribution < 1.29 is 18.8 Å². The van der Waals surface area contributed by atoms with Crippen molar-refractivity contribution in [3.8, 4) is 0 Å². The van der Waals surface area contributed by atoms with E-state index >= 15 is 0 Å². The van der Waals surface area contributed by atoms with Gasteiger partial charge < -0.3 is 22.1 Å². The number of hydrogen-bond donors (Lipinski definition) is 4. The maximum Gasteiger partial charge on any atom is 0.277 e. The van der Waals surface area contributed by atoms with Crippen LogP contribution in [0.5, 0.6) is 0 Å². The third-order valence-corrected chi connectivity index (χ3v) is 4.70. The summed E-state index contributed by atoms with van der Waals surface area (Å²) in [5.74, 6) is -2.28. The fraction of sp³-hybridized carbons (Fsp3) is 0.0526. The van der Waals surface area contributed by atoms with Crippen molar-refractivity contribution in [1.29, 1.82) is 0 Å². The van der Waals surface area contributed by atoms with Crippen molar-refractivity contribution in [1.82, 2.24) is 10.3 Å². The lowest BCUT2D eigenvalue weighted by molar-refractivity contribution is 0.0945. The minimum Gasteiger partial charge on any atom is -0.398 e. The summed E-state index contributed by atoms with van der Waals surface area (Å²) in [5.41, 5.74) is 12.3. The van der Waals surface area contributed by atoms with E-state index in [0.29, 0.717) is 11.3 Å². The summed E-state index contributed by atoms with van der Waals surface area (Å²) in [6.45, 7) is 0.161. The van der Waals surface area contributed by atoms with E-state index in [0.717, 1.165) is 17.4 Å². The van der Waals surface area contributed by atoms with Gasteiger partial charge in [-0.15, -0.1) is 11.3 Å². The van der Waals surface area contributed by atoms with Crippen molar-refractivity contribution in [2.75, 3.05) is 11.1 Å². The van der Waals surface area contributed by atoms with Gasteiger partial charge in [-0.2, -0.15) is 0 Å². The number of nitrogen functional groups attached to an aromatic ring is 1. The van der Waals surface area contributed by atoms with E-state index in [2.05, 4.69) is 15.6 Å². The molecule has 0 aliphatic heterocycles. The van der Waals surface area contributed by atoms with Crippen LogP contribution in [0.4, 0.5) is 15.8 Å². The van der Waals surface area contributed by atoms with E-state index in [9.17, 15) is 18.8 Å². The molecular weight excluding hydrogens is 397 g/mol. The highest BCUT2D eigenvalue weighted by atomic mass is 32.1. The molecule has 10 heteroatoms. The van der Waals surface area contributed by atoms with Gasteiger partial charge in [0.25, 0.3) is 17.7 Å². The number of aromatic nitrogens is 1. The number of benzene rings is 2. The zero-order valence-electron chi connectivity index (χ0n) is 14.9. The Morgan fingerprint density at radius 2 is 1.90 bits per heavy atom. The molecule has 0 saturated carbocycles. The molecule has 1 heterocycles. The molecule has 3 rings (SSSR count). The molecule has 0 aliphatic rings. The minimum absolute atomic E-state index is 0.0255. The van der Waals surface area contributed by atoms with Crippen LogP contribution in [-0.2, 0) is 6.54 Å². The van der Waals surface area contributed by atoms with Gasteiger partial charge in [-0.05, 0) is 35.9 Å². The average Bonchev–Trinajstić information content (AvgIpc) is 3.19. The summed E-state index contributed by atoms with van der Waals surface area (Å²) in [5, 5.41) is 6.80. The van der Waals surface area contributed by atoms with E-state index in [1.54, 1.807) is 24.3 Å². The number of halogens is 1. The van der Waals surface area contributed by atoms with Crippen LogP contribution >= 0.6 is 11.3 Å². The van der Waals surface area contributed by atoms with Crippen molar-refractivity contribution in [3.63, 3.8) is 0 Å². The SMILES string of the molecule is NC(=O)c1nc(C(=O)NCc2cccc(NC(=O)c3cc(F)ccc3N)c2)cs1. The van der Waals surface area contributed by atoms with Gasteiger partial charge in [-0.3, -0.25) is 14.4 Å². The van der Waals surface area contributed by atoms with Gasteiger partial charge in [-0.1, -0.05) is 12.1 Å². The number of nitrogens with one attached hydrogen (secondary N) is 2. The summed E-state index contributed by atoms with van der Waals surface area (Å²) in [4.78, 5) is 39.4. The number of nitrogens with two attached hydrogens (primary N) is 2. The van der Waals surface area contributed by atoms with Gasteiger partial charge in [0, 0.05) is 23.3 Å². The first kappa shape index (κ1) is 20.0. The second-order valence-corrected chi connectivity index (χ2v) is 6.83. The van der Waals surface area contributed by atoms with Crippen LogP contribution in [0.3, 0.4) is 0 Å². The Balaban J connectivity index is 1.64. The second kappa shape index (κ2) is 8.48. The number of hydrogen-bond acceptors (Lipinski definition) is 6. The summed E-state index contributed by atoms with van der Waals surface area (Å²) in [7, 11) is 0. The van der Waals surface area contributed by atoms with Gasteiger partial charge in [0.2, 0.25) is 0 Å². The van der Waals surface area contributed by atoms with E-state index in [1.807, 2.05) is 0 Å². The number of anilines is 2. The van der Waals surface area contributed by atoms with Crippen molar-refractivity contribution >= 4 is 40.4 Å². The Morgan fingerprint density at radius 1 is 1.10 bits per heavy atom. The van der Waals surface area contributed by atoms with Gasteiger partial charge in [0.15, 0.2) is 5.01 Å². The molecule has 0 saturated heterocycles. The van der Waals surface area contributed by atoms with Gasteiger partial charge in [0.1, 0.15) is 11.5 Å². The molecule has 0 radical (unpaired) electrons. The van der Waals surface area contributed by atoms with Crippen LogP contribution in [0.1, 0.15) is 36.2 Å². The van der Waals surface area contributed by atoms with Crippen LogP contribution in [0.2, 0.25) is 0 Å². The predicted octanol–water partition coefficient (Wildman–Crippen LogP) is 2.15. The van der Waals surface area contributed by atoms with Crippen LogP contribution in [-0.4, -0.2) is 22.7 Å². The number of rotatable bonds is 6. The number of amides is 3. The molecule has 2 aromatic carbocycles. The third-order valence-electron chi connectivity index (χ3n) is 3.85. The Morgan fingerprint density at radius 3 is 2.62 bits per heavy atom. The number of thiazole rings is 1. The average molecular weight is 413 g/mol. The molecule has 0 atom stereocenters. The Bertz CT molecular complexity index is 1100. The zero-order valence-corrected chi connectivity index (χ0v) is 15.8. The monoisotopic (exact) mass is 413 g/mol. The highest BCUT2D eigenvalue weighted by molar-refractivity contribution is 7.11. The van der Waals surface area contributed by atoms with E-state index in [4.69, 9.17) is 11.5 Å². The molecule has 0 bridgehead atoms. The predicted molar refractivity (Wildman–Crippen MR) is 107 cm³/mol. The molecule has 6 N–H and O–H groups in total. The van der Waals surface area contributed by atoms with E-state index < -0.39 is 23.5 Å². The van der Waals surface area contributed by atoms with Crippen LogP contribution in [0.25, 0.3) is 0 Å². The zero-order chi connectivity index (χ0) is 21.0. The van der Waals surface area contributed by atoms with Crippen LogP contribution in [0.15, 0.2) is 47.8 Å². The first-order chi connectivity index (χ1) is 13.8. The molecule has 0 fully saturated rings. The van der Waals surface area contributed by atoms with Gasteiger partial charge in [-0.25, -0.2) is 9.37 Å². The number of nitrogens with zero attached hydrogens (tertiary/aromatic N) is 1. The molecule has 0 unspecified atom stereocenters. The van der Waals surface area contributed by atoms with Crippen molar-refractivity contribution in [3.05, 3.63) is 75.5 Å². The standard InChI is InChI=1S/C19H16FN5O3S/c20-11-4-5-14(21)13(7-11)17(27)24-12-3-1-2-10(6-12)8-23-18(28)15-9-29-19(25-15)16(22)26/h1-7,9H,8,21H2,(H2,22,26)(H,23,28)(H,24,27). The highest BCUT2D eigenvalue weighted by Gasteiger charge is 2.14. The summed E-state index contributed by atoms with van der Waals surface area (Å²) in [6, 6.07) is 10.3. The quantitative estimate of drug-likeness (QED) is 0.458. The molecule has 148 valence electrons. The van der Waals surface area contributed by atoms with Crippen LogP contribution < -0.4 is 22.1 Å². The molecule has 0 aliphatic carbocycles. The lowest BCUT2D eigenvalue weighted by Gasteiger charge is -2.10. The van der Waals surface area contributed by atoms with E-state index in [1.165, 1.54) is 17.5 Å². The molecule has 3 aromatic rings. The van der Waals surface area contributed by atoms with Crippen LogP contribution in [0, 0.1) is 5.82 Å². The summed E-state index contributed by atoms with van der Waals surface area (Å²) < 4.78 is 13.4. The normalized spacial score (nSPS) is 10.4. The molecule has 3 amide bonds.